The molecular weight excluding hydrogens is 332 g/mol. The fourth-order valence-corrected chi connectivity index (χ4v) is 3.62. The zero-order chi connectivity index (χ0) is 17.3. The number of aliphatic hydroxyl groups excluding tert-OH is 2. The minimum Gasteiger partial charge on any atom is -0.396 e. The summed E-state index contributed by atoms with van der Waals surface area (Å²) in [6.45, 7) is 0.255. The molecule has 1 aliphatic heterocycles. The molecule has 2 amide bonds. The van der Waals surface area contributed by atoms with Crippen molar-refractivity contribution in [2.45, 2.75) is 31.4 Å². The van der Waals surface area contributed by atoms with E-state index in [4.69, 9.17) is 11.6 Å². The van der Waals surface area contributed by atoms with E-state index in [1.807, 2.05) is 0 Å². The second-order valence-corrected chi connectivity index (χ2v) is 7.01. The second kappa shape index (κ2) is 7.09. The zero-order valence-electron chi connectivity index (χ0n) is 13.2. The van der Waals surface area contributed by atoms with Crippen LogP contribution in [0.1, 0.15) is 19.3 Å². The third-order valence-corrected chi connectivity index (χ3v) is 5.12. The number of carbonyl (C=O) groups is 2. The molecule has 1 saturated heterocycles. The number of aliphatic hydroxyl groups is 2. The van der Waals surface area contributed by atoms with Crippen molar-refractivity contribution in [1.82, 2.24) is 5.32 Å². The van der Waals surface area contributed by atoms with E-state index in [1.165, 1.54) is 0 Å². The number of rotatable bonds is 4. The number of amides is 2. The SMILES string of the molecule is O=C(NC1CC(O)C(CO)C1)C1CC(=O)N(c2ccc(Cl)cc2)C1. The fraction of sp³-hybridized carbons (Fsp3) is 0.529. The Bertz CT molecular complexity index is 622. The lowest BCUT2D eigenvalue weighted by Crippen LogP contribution is -2.39. The molecule has 2 fully saturated rings. The van der Waals surface area contributed by atoms with Gasteiger partial charge >= 0.3 is 0 Å². The first-order chi connectivity index (χ1) is 11.5. The molecule has 6 nitrogen and oxygen atoms in total. The van der Waals surface area contributed by atoms with Gasteiger partial charge in [0.2, 0.25) is 11.8 Å². The average Bonchev–Trinajstić information content (AvgIpc) is 3.11. The van der Waals surface area contributed by atoms with E-state index in [-0.39, 0.29) is 36.8 Å². The van der Waals surface area contributed by atoms with E-state index in [9.17, 15) is 19.8 Å². The predicted molar refractivity (Wildman–Crippen MR) is 89.7 cm³/mol. The van der Waals surface area contributed by atoms with Crippen LogP contribution in [0.3, 0.4) is 0 Å². The second-order valence-electron chi connectivity index (χ2n) is 6.57. The minimum absolute atomic E-state index is 0.0835. The summed E-state index contributed by atoms with van der Waals surface area (Å²) in [5.41, 5.74) is 0.733. The molecule has 130 valence electrons. The highest BCUT2D eigenvalue weighted by Gasteiger charge is 2.38. The Hall–Kier alpha value is -1.63. The van der Waals surface area contributed by atoms with Gasteiger partial charge in [-0.1, -0.05) is 11.6 Å². The maximum Gasteiger partial charge on any atom is 0.227 e. The Morgan fingerprint density at radius 1 is 1.29 bits per heavy atom. The van der Waals surface area contributed by atoms with Gasteiger partial charge in [0, 0.05) is 42.2 Å². The monoisotopic (exact) mass is 352 g/mol. The first kappa shape index (κ1) is 17.2. The highest BCUT2D eigenvalue weighted by molar-refractivity contribution is 6.30. The molecule has 4 unspecified atom stereocenters. The van der Waals surface area contributed by atoms with Crippen LogP contribution >= 0.6 is 11.6 Å². The summed E-state index contributed by atoms with van der Waals surface area (Å²) in [5.74, 6) is -0.850. The summed E-state index contributed by atoms with van der Waals surface area (Å²) in [6.07, 6.45) is 0.590. The first-order valence-electron chi connectivity index (χ1n) is 8.13. The summed E-state index contributed by atoms with van der Waals surface area (Å²) >= 11 is 5.86. The number of benzene rings is 1. The van der Waals surface area contributed by atoms with Gasteiger partial charge in [0.1, 0.15) is 0 Å². The summed E-state index contributed by atoms with van der Waals surface area (Å²) in [5, 5.41) is 22.5. The normalized spacial score (nSPS) is 30.0. The molecule has 1 saturated carbocycles. The standard InChI is InChI=1S/C17H21ClN2O4/c18-12-1-3-14(4-2-12)20-8-10(6-16(20)23)17(24)19-13-5-11(9-21)15(22)7-13/h1-4,10-11,13,15,21-22H,5-9H2,(H,19,24). The van der Waals surface area contributed by atoms with Gasteiger partial charge in [-0.05, 0) is 37.1 Å². The van der Waals surface area contributed by atoms with E-state index in [2.05, 4.69) is 5.32 Å². The zero-order valence-corrected chi connectivity index (χ0v) is 13.9. The molecule has 1 aromatic carbocycles. The van der Waals surface area contributed by atoms with E-state index >= 15 is 0 Å². The van der Waals surface area contributed by atoms with Gasteiger partial charge in [-0.25, -0.2) is 0 Å². The third kappa shape index (κ3) is 3.55. The maximum atomic E-state index is 12.4. The molecule has 1 heterocycles. The molecule has 24 heavy (non-hydrogen) atoms. The Labute approximate surface area is 145 Å². The van der Waals surface area contributed by atoms with Gasteiger partial charge in [0.15, 0.2) is 0 Å². The molecule has 0 aromatic heterocycles. The van der Waals surface area contributed by atoms with Crippen molar-refractivity contribution in [2.24, 2.45) is 11.8 Å². The Morgan fingerprint density at radius 2 is 2.00 bits per heavy atom. The van der Waals surface area contributed by atoms with Gasteiger partial charge in [0.05, 0.1) is 12.0 Å². The van der Waals surface area contributed by atoms with Crippen LogP contribution in [0.15, 0.2) is 24.3 Å². The third-order valence-electron chi connectivity index (χ3n) is 4.87. The van der Waals surface area contributed by atoms with Crippen molar-refractivity contribution in [3.05, 3.63) is 29.3 Å². The van der Waals surface area contributed by atoms with Crippen LogP contribution in [-0.4, -0.2) is 47.3 Å². The summed E-state index contributed by atoms with van der Waals surface area (Å²) < 4.78 is 0. The van der Waals surface area contributed by atoms with Crippen LogP contribution in [-0.2, 0) is 9.59 Å². The number of hydrogen-bond acceptors (Lipinski definition) is 4. The highest BCUT2D eigenvalue weighted by Crippen LogP contribution is 2.29. The molecule has 4 atom stereocenters. The van der Waals surface area contributed by atoms with Crippen LogP contribution in [0.2, 0.25) is 5.02 Å². The summed E-state index contributed by atoms with van der Waals surface area (Å²) in [7, 11) is 0. The van der Waals surface area contributed by atoms with Crippen LogP contribution in [0.4, 0.5) is 5.69 Å². The topological polar surface area (TPSA) is 89.9 Å². The molecule has 1 aromatic rings. The van der Waals surface area contributed by atoms with Crippen molar-refractivity contribution >= 4 is 29.1 Å². The van der Waals surface area contributed by atoms with Crippen molar-refractivity contribution in [3.63, 3.8) is 0 Å². The largest absolute Gasteiger partial charge is 0.396 e. The van der Waals surface area contributed by atoms with Crippen LogP contribution in [0, 0.1) is 11.8 Å². The molecule has 3 N–H and O–H groups in total. The Balaban J connectivity index is 1.59. The average molecular weight is 353 g/mol. The summed E-state index contributed by atoms with van der Waals surface area (Å²) in [6, 6.07) is 6.81. The molecule has 0 spiro atoms. The van der Waals surface area contributed by atoms with Crippen molar-refractivity contribution in [3.8, 4) is 0 Å². The van der Waals surface area contributed by atoms with Crippen LogP contribution in [0.5, 0.6) is 0 Å². The van der Waals surface area contributed by atoms with Crippen molar-refractivity contribution < 1.29 is 19.8 Å². The van der Waals surface area contributed by atoms with E-state index in [0.717, 1.165) is 5.69 Å². The summed E-state index contributed by atoms with van der Waals surface area (Å²) in [4.78, 5) is 26.2. The number of nitrogens with one attached hydrogen (secondary N) is 1. The van der Waals surface area contributed by atoms with E-state index in [1.54, 1.807) is 29.2 Å². The van der Waals surface area contributed by atoms with Crippen molar-refractivity contribution in [2.75, 3.05) is 18.1 Å². The maximum absolute atomic E-state index is 12.4. The van der Waals surface area contributed by atoms with Gasteiger partial charge in [-0.2, -0.15) is 0 Å². The lowest BCUT2D eigenvalue weighted by molar-refractivity contribution is -0.126. The van der Waals surface area contributed by atoms with E-state index < -0.39 is 12.0 Å². The molecule has 0 radical (unpaired) electrons. The van der Waals surface area contributed by atoms with Gasteiger partial charge in [0.25, 0.3) is 0 Å². The van der Waals surface area contributed by atoms with Crippen LogP contribution in [0.25, 0.3) is 0 Å². The Morgan fingerprint density at radius 3 is 2.62 bits per heavy atom. The van der Waals surface area contributed by atoms with Crippen LogP contribution < -0.4 is 10.2 Å². The fourth-order valence-electron chi connectivity index (χ4n) is 3.49. The number of carbonyl (C=O) groups excluding carboxylic acids is 2. The van der Waals surface area contributed by atoms with Gasteiger partial charge < -0.3 is 20.4 Å². The minimum atomic E-state index is -0.587. The quantitative estimate of drug-likeness (QED) is 0.752. The van der Waals surface area contributed by atoms with Crippen molar-refractivity contribution in [1.29, 1.82) is 0 Å². The molecule has 0 bridgehead atoms. The smallest absolute Gasteiger partial charge is 0.227 e. The lowest BCUT2D eigenvalue weighted by atomic mass is 10.1. The molecule has 7 heteroatoms. The number of nitrogens with zero attached hydrogens (tertiary/aromatic N) is 1. The lowest BCUT2D eigenvalue weighted by Gasteiger charge is -2.18. The number of halogens is 1. The molecule has 2 aliphatic rings. The predicted octanol–water partition coefficient (Wildman–Crippen LogP) is 0.941. The molecule has 3 rings (SSSR count). The Kier molecular flexibility index (Phi) is 5.08. The number of anilines is 1. The molecule has 1 aliphatic carbocycles. The number of hydrogen-bond donors (Lipinski definition) is 3. The molecular formula is C17H21ClN2O4. The highest BCUT2D eigenvalue weighted by atomic mass is 35.5. The van der Waals surface area contributed by atoms with Gasteiger partial charge in [-0.15, -0.1) is 0 Å². The van der Waals surface area contributed by atoms with E-state index in [0.29, 0.717) is 24.4 Å². The van der Waals surface area contributed by atoms with Gasteiger partial charge in [-0.3, -0.25) is 9.59 Å². The first-order valence-corrected chi connectivity index (χ1v) is 8.51.